The Labute approximate surface area is 556 Å². The molecular weight excluding hydrogens is 1200 g/mol. The monoisotopic (exact) mass is 1340 g/mol. The minimum Gasteiger partial charge on any atom is -0.462 e. The van der Waals surface area contributed by atoms with Crippen molar-refractivity contribution in [1.29, 1.82) is 0 Å². The van der Waals surface area contributed by atoms with Crippen LogP contribution in [0.3, 0.4) is 0 Å². The Morgan fingerprint density at radius 3 is 0.681 bits per heavy atom. The van der Waals surface area contributed by atoms with Gasteiger partial charge in [0, 0.05) is 25.7 Å². The van der Waals surface area contributed by atoms with Crippen molar-refractivity contribution in [2.75, 3.05) is 39.6 Å². The summed E-state index contributed by atoms with van der Waals surface area (Å²) in [6, 6.07) is 0. The summed E-state index contributed by atoms with van der Waals surface area (Å²) >= 11 is 0. The van der Waals surface area contributed by atoms with Crippen LogP contribution in [0.4, 0.5) is 0 Å². The predicted octanol–water partition coefficient (Wildman–Crippen LogP) is 20.5. The molecule has 0 fully saturated rings. The number of hydrogen-bond donors (Lipinski definition) is 3. The molecule has 0 aliphatic carbocycles. The van der Waals surface area contributed by atoms with E-state index in [9.17, 15) is 43.2 Å². The van der Waals surface area contributed by atoms with E-state index in [0.29, 0.717) is 31.6 Å². The number of aliphatic hydroxyl groups excluding tert-OH is 1. The van der Waals surface area contributed by atoms with E-state index in [1.165, 1.54) is 154 Å². The minimum atomic E-state index is -4.95. The first-order valence-corrected chi connectivity index (χ1v) is 40.2. The summed E-state index contributed by atoms with van der Waals surface area (Å²) in [5, 5.41) is 10.6. The molecule has 0 amide bonds. The third kappa shape index (κ3) is 66.5. The van der Waals surface area contributed by atoms with Crippen LogP contribution in [-0.2, 0) is 65.4 Å². The van der Waals surface area contributed by atoms with Gasteiger partial charge in [-0.2, -0.15) is 0 Å². The molecule has 0 rings (SSSR count). The van der Waals surface area contributed by atoms with Gasteiger partial charge in [0.15, 0.2) is 12.2 Å². The molecule has 0 bridgehead atoms. The first kappa shape index (κ1) is 89.1. The van der Waals surface area contributed by atoms with E-state index in [2.05, 4.69) is 55.4 Å². The summed E-state index contributed by atoms with van der Waals surface area (Å²) in [6.07, 6.45) is 44.6. The SMILES string of the molecule is CC(C)CCCCCCCCCCCCCCCCCC(=O)OC[C@H](COP(=O)(O)OCC(O)COP(=O)(O)OC[C@@H](COC(=O)CCCCCCCCCC(C)C)OC(=O)CCCCCCCCCCC(C)C)OC(=O)CCCCCCCCCCCC(C)C. The third-order valence-corrected chi connectivity index (χ3v) is 18.5. The van der Waals surface area contributed by atoms with Crippen LogP contribution < -0.4 is 0 Å². The van der Waals surface area contributed by atoms with Crippen molar-refractivity contribution >= 4 is 39.5 Å². The van der Waals surface area contributed by atoms with Crippen molar-refractivity contribution in [2.45, 2.75) is 375 Å². The molecule has 19 heteroatoms. The highest BCUT2D eigenvalue weighted by atomic mass is 31.2. The largest absolute Gasteiger partial charge is 0.472 e. The van der Waals surface area contributed by atoms with Crippen molar-refractivity contribution in [1.82, 2.24) is 0 Å². The molecule has 0 aromatic rings. The maximum absolute atomic E-state index is 13.0. The number of aliphatic hydroxyl groups is 1. The topological polar surface area (TPSA) is 237 Å². The minimum absolute atomic E-state index is 0.103. The molecule has 0 aliphatic heterocycles. The molecule has 17 nitrogen and oxygen atoms in total. The number of unbranched alkanes of at least 4 members (excludes halogenated alkanes) is 35. The maximum atomic E-state index is 13.0. The first-order chi connectivity index (χ1) is 43.6. The molecule has 3 unspecified atom stereocenters. The van der Waals surface area contributed by atoms with Crippen molar-refractivity contribution < 1.29 is 80.2 Å². The van der Waals surface area contributed by atoms with E-state index in [1.54, 1.807) is 0 Å². The van der Waals surface area contributed by atoms with E-state index in [-0.39, 0.29) is 25.7 Å². The smallest absolute Gasteiger partial charge is 0.462 e. The lowest BCUT2D eigenvalue weighted by Gasteiger charge is -2.21. The van der Waals surface area contributed by atoms with Crippen LogP contribution in [0.2, 0.25) is 0 Å². The quantitative estimate of drug-likeness (QED) is 0.0222. The molecule has 5 atom stereocenters. The van der Waals surface area contributed by atoms with Gasteiger partial charge < -0.3 is 33.8 Å². The predicted molar refractivity (Wildman–Crippen MR) is 367 cm³/mol. The zero-order valence-electron chi connectivity index (χ0n) is 59.5. The van der Waals surface area contributed by atoms with Crippen LogP contribution in [-0.4, -0.2) is 96.7 Å². The fourth-order valence-corrected chi connectivity index (χ4v) is 12.4. The second-order valence-corrected chi connectivity index (χ2v) is 30.8. The fourth-order valence-electron chi connectivity index (χ4n) is 10.8. The molecule has 0 radical (unpaired) electrons. The van der Waals surface area contributed by atoms with Gasteiger partial charge in [-0.15, -0.1) is 0 Å². The van der Waals surface area contributed by atoms with Gasteiger partial charge in [-0.25, -0.2) is 9.13 Å². The Bertz CT molecular complexity index is 1800. The number of esters is 4. The van der Waals surface area contributed by atoms with Crippen molar-refractivity contribution in [3.63, 3.8) is 0 Å². The second-order valence-electron chi connectivity index (χ2n) is 27.9. The number of phosphoric acid groups is 2. The number of phosphoric ester groups is 2. The Balaban J connectivity index is 5.21. The number of rotatable bonds is 69. The zero-order chi connectivity index (χ0) is 67.5. The van der Waals surface area contributed by atoms with Gasteiger partial charge in [-0.1, -0.05) is 306 Å². The molecule has 0 saturated heterocycles. The summed E-state index contributed by atoms with van der Waals surface area (Å²) in [6.45, 7) is 14.1. The highest BCUT2D eigenvalue weighted by Crippen LogP contribution is 2.45. The summed E-state index contributed by atoms with van der Waals surface area (Å²) in [4.78, 5) is 72.6. The lowest BCUT2D eigenvalue weighted by molar-refractivity contribution is -0.161. The Kier molecular flexibility index (Phi) is 60.3. The zero-order valence-corrected chi connectivity index (χ0v) is 61.3. The molecule has 0 heterocycles. The number of hydrogen-bond acceptors (Lipinski definition) is 15. The molecule has 0 aliphatic rings. The number of ether oxygens (including phenoxy) is 4. The van der Waals surface area contributed by atoms with E-state index < -0.39 is 97.5 Å². The van der Waals surface area contributed by atoms with Gasteiger partial charge in [0.25, 0.3) is 0 Å². The molecule has 0 aromatic carbocycles. The average Bonchev–Trinajstić information content (AvgIpc) is 3.60. The lowest BCUT2D eigenvalue weighted by atomic mass is 10.0. The summed E-state index contributed by atoms with van der Waals surface area (Å²) in [7, 11) is -9.90. The molecule has 0 spiro atoms. The van der Waals surface area contributed by atoms with Gasteiger partial charge in [0.2, 0.25) is 0 Å². The van der Waals surface area contributed by atoms with Crippen LogP contribution in [0, 0.1) is 23.7 Å². The molecule has 0 saturated carbocycles. The average molecular weight is 1340 g/mol. The van der Waals surface area contributed by atoms with Gasteiger partial charge >= 0.3 is 39.5 Å². The van der Waals surface area contributed by atoms with E-state index in [0.717, 1.165) is 114 Å². The number of carbonyl (C=O) groups excluding carboxylic acids is 4. The van der Waals surface area contributed by atoms with Crippen molar-refractivity contribution in [3.8, 4) is 0 Å². The van der Waals surface area contributed by atoms with Crippen LogP contribution in [0.1, 0.15) is 357 Å². The van der Waals surface area contributed by atoms with E-state index in [4.69, 9.17) is 37.0 Å². The molecule has 540 valence electrons. The highest BCUT2D eigenvalue weighted by Gasteiger charge is 2.30. The van der Waals surface area contributed by atoms with Crippen molar-refractivity contribution in [2.24, 2.45) is 23.7 Å². The summed E-state index contributed by atoms with van der Waals surface area (Å²) in [5.41, 5.74) is 0. The Morgan fingerprint density at radius 2 is 0.462 bits per heavy atom. The third-order valence-electron chi connectivity index (χ3n) is 16.6. The summed E-state index contributed by atoms with van der Waals surface area (Å²) < 4.78 is 68.3. The standard InChI is InChI=1S/C72H140O17P2/c1-62(2)48-40-32-24-17-14-12-10-9-11-13-15-19-28-36-44-52-69(74)82-58-67(88-71(76)54-46-38-29-20-16-18-25-33-41-49-63(3)4)60-86-90(78,79)84-56-66(73)57-85-91(80,81)87-61-68(59-83-70(75)53-45-37-31-23-27-35-43-51-65(7)8)89-72(77)55-47-39-30-22-21-26-34-42-50-64(5)6/h62-68,73H,9-61H2,1-8H3,(H,78,79)(H,80,81)/t66?,67-,68-/m1/s1. The molecule has 3 N–H and O–H groups in total. The van der Waals surface area contributed by atoms with Crippen LogP contribution in [0.15, 0.2) is 0 Å². The van der Waals surface area contributed by atoms with Gasteiger partial charge in [-0.05, 0) is 49.4 Å². The Hall–Kier alpha value is -1.94. The van der Waals surface area contributed by atoms with Crippen LogP contribution in [0.25, 0.3) is 0 Å². The van der Waals surface area contributed by atoms with Crippen molar-refractivity contribution in [3.05, 3.63) is 0 Å². The lowest BCUT2D eigenvalue weighted by Crippen LogP contribution is -2.30. The maximum Gasteiger partial charge on any atom is 0.472 e. The van der Waals surface area contributed by atoms with E-state index in [1.807, 2.05) is 0 Å². The van der Waals surface area contributed by atoms with Gasteiger partial charge in [0.1, 0.15) is 19.3 Å². The van der Waals surface area contributed by atoms with Crippen LogP contribution in [0.5, 0.6) is 0 Å². The second kappa shape index (κ2) is 61.6. The van der Waals surface area contributed by atoms with Gasteiger partial charge in [-0.3, -0.25) is 37.3 Å². The van der Waals surface area contributed by atoms with Gasteiger partial charge in [0.05, 0.1) is 26.4 Å². The first-order valence-electron chi connectivity index (χ1n) is 37.2. The molecular formula is C72H140O17P2. The molecule has 0 aromatic heterocycles. The highest BCUT2D eigenvalue weighted by molar-refractivity contribution is 7.47. The number of carbonyl (C=O) groups is 4. The van der Waals surface area contributed by atoms with E-state index >= 15 is 0 Å². The summed E-state index contributed by atoms with van der Waals surface area (Å²) in [5.74, 6) is 0.837. The van der Waals surface area contributed by atoms with Crippen LogP contribution >= 0.6 is 15.6 Å². The normalized spacial score (nSPS) is 14.2. The molecule has 91 heavy (non-hydrogen) atoms. The Morgan fingerprint density at radius 1 is 0.275 bits per heavy atom. The fraction of sp³-hybridized carbons (Fsp3) is 0.944.